The van der Waals surface area contributed by atoms with Crippen LogP contribution in [0.2, 0.25) is 0 Å². The molecule has 0 radical (unpaired) electrons. The maximum absolute atomic E-state index is 11.3. The Labute approximate surface area is 120 Å². The lowest BCUT2D eigenvalue weighted by atomic mass is 9.92. The average molecular weight is 299 g/mol. The van der Waals surface area contributed by atoms with E-state index < -0.39 is 0 Å². The SMILES string of the molecule is CCC(c1cc2nc(C)sc2cc1[N+](=O)[O-])C(C)Cl. The van der Waals surface area contributed by atoms with Gasteiger partial charge in [-0.05, 0) is 26.3 Å². The molecule has 0 N–H and O–H groups in total. The van der Waals surface area contributed by atoms with Gasteiger partial charge in [0.05, 0.1) is 20.1 Å². The number of nitrogens with zero attached hydrogens (tertiary/aromatic N) is 2. The lowest BCUT2D eigenvalue weighted by Crippen LogP contribution is -2.10. The van der Waals surface area contributed by atoms with Crippen LogP contribution in [-0.4, -0.2) is 15.3 Å². The number of fused-ring (bicyclic) bond motifs is 1. The number of hydrogen-bond acceptors (Lipinski definition) is 4. The van der Waals surface area contributed by atoms with Crippen LogP contribution in [-0.2, 0) is 0 Å². The number of alkyl halides is 1. The molecule has 0 aliphatic carbocycles. The molecular weight excluding hydrogens is 284 g/mol. The van der Waals surface area contributed by atoms with Crippen molar-refractivity contribution >= 4 is 38.8 Å². The first kappa shape index (κ1) is 14.2. The predicted molar refractivity (Wildman–Crippen MR) is 79.4 cm³/mol. The first-order valence-corrected chi connectivity index (χ1v) is 7.38. The zero-order valence-electron chi connectivity index (χ0n) is 11.0. The van der Waals surface area contributed by atoms with E-state index in [9.17, 15) is 10.1 Å². The molecule has 1 aromatic heterocycles. The number of thiazole rings is 1. The summed E-state index contributed by atoms with van der Waals surface area (Å²) in [6, 6.07) is 3.45. The number of aryl methyl sites for hydroxylation is 1. The first-order valence-electron chi connectivity index (χ1n) is 6.13. The molecule has 4 nitrogen and oxygen atoms in total. The van der Waals surface area contributed by atoms with Crippen LogP contribution in [0.15, 0.2) is 12.1 Å². The van der Waals surface area contributed by atoms with Crippen LogP contribution in [0.25, 0.3) is 10.2 Å². The minimum Gasteiger partial charge on any atom is -0.258 e. The van der Waals surface area contributed by atoms with Gasteiger partial charge in [0.25, 0.3) is 5.69 Å². The van der Waals surface area contributed by atoms with Crippen molar-refractivity contribution in [2.24, 2.45) is 0 Å². The Kier molecular flexibility index (Phi) is 4.06. The minimum absolute atomic E-state index is 0.0338. The summed E-state index contributed by atoms with van der Waals surface area (Å²) in [5, 5.41) is 12.0. The van der Waals surface area contributed by atoms with Gasteiger partial charge in [0.1, 0.15) is 0 Å². The molecule has 102 valence electrons. The lowest BCUT2D eigenvalue weighted by Gasteiger charge is -2.17. The zero-order chi connectivity index (χ0) is 14.2. The molecule has 2 rings (SSSR count). The van der Waals surface area contributed by atoms with E-state index in [1.54, 1.807) is 6.07 Å². The van der Waals surface area contributed by atoms with E-state index in [-0.39, 0.29) is 21.9 Å². The zero-order valence-corrected chi connectivity index (χ0v) is 12.6. The Bertz CT molecular complexity index is 624. The molecule has 2 aromatic rings. The smallest absolute Gasteiger partial charge is 0.258 e. The van der Waals surface area contributed by atoms with E-state index in [1.807, 2.05) is 26.8 Å². The third kappa shape index (κ3) is 2.72. The third-order valence-corrected chi connectivity index (χ3v) is 4.47. The predicted octanol–water partition coefficient (Wildman–Crippen LogP) is 4.63. The summed E-state index contributed by atoms with van der Waals surface area (Å²) in [5.41, 5.74) is 1.65. The molecule has 6 heteroatoms. The van der Waals surface area contributed by atoms with Gasteiger partial charge < -0.3 is 0 Å². The van der Waals surface area contributed by atoms with Crippen molar-refractivity contribution in [2.75, 3.05) is 0 Å². The molecule has 0 bridgehead atoms. The van der Waals surface area contributed by atoms with Crippen molar-refractivity contribution in [3.8, 4) is 0 Å². The van der Waals surface area contributed by atoms with Crippen molar-refractivity contribution in [2.45, 2.75) is 38.5 Å². The summed E-state index contributed by atoms with van der Waals surface area (Å²) in [6.45, 7) is 5.76. The number of halogens is 1. The molecule has 19 heavy (non-hydrogen) atoms. The molecule has 0 saturated heterocycles. The van der Waals surface area contributed by atoms with Gasteiger partial charge in [-0.3, -0.25) is 10.1 Å². The van der Waals surface area contributed by atoms with E-state index in [2.05, 4.69) is 4.98 Å². The Morgan fingerprint density at radius 1 is 1.53 bits per heavy atom. The maximum Gasteiger partial charge on any atom is 0.274 e. The van der Waals surface area contributed by atoms with E-state index in [0.717, 1.165) is 21.6 Å². The fraction of sp³-hybridized carbons (Fsp3) is 0.462. The van der Waals surface area contributed by atoms with Crippen LogP contribution in [0, 0.1) is 17.0 Å². The fourth-order valence-corrected chi connectivity index (χ4v) is 3.50. The van der Waals surface area contributed by atoms with Gasteiger partial charge in [-0.15, -0.1) is 22.9 Å². The molecule has 0 fully saturated rings. The summed E-state index contributed by atoms with van der Waals surface area (Å²) in [4.78, 5) is 15.3. The van der Waals surface area contributed by atoms with E-state index in [0.29, 0.717) is 5.56 Å². The van der Waals surface area contributed by atoms with Gasteiger partial charge in [-0.25, -0.2) is 4.98 Å². The van der Waals surface area contributed by atoms with Crippen molar-refractivity contribution in [1.29, 1.82) is 0 Å². The second-order valence-corrected chi connectivity index (χ2v) is 6.48. The fourth-order valence-electron chi connectivity index (χ4n) is 2.34. The van der Waals surface area contributed by atoms with Crippen LogP contribution in [0.1, 0.15) is 36.8 Å². The van der Waals surface area contributed by atoms with Gasteiger partial charge in [0, 0.05) is 22.9 Å². The summed E-state index contributed by atoms with van der Waals surface area (Å²) >= 11 is 7.64. The van der Waals surface area contributed by atoms with Crippen LogP contribution in [0.3, 0.4) is 0 Å². The largest absolute Gasteiger partial charge is 0.274 e. The highest BCUT2D eigenvalue weighted by molar-refractivity contribution is 7.18. The normalized spacial score (nSPS) is 14.5. The Hall–Kier alpha value is -1.20. The number of aromatic nitrogens is 1. The molecule has 0 spiro atoms. The van der Waals surface area contributed by atoms with E-state index >= 15 is 0 Å². The molecule has 0 amide bonds. The van der Waals surface area contributed by atoms with Crippen LogP contribution < -0.4 is 0 Å². The quantitative estimate of drug-likeness (QED) is 0.469. The number of hydrogen-bond donors (Lipinski definition) is 0. The molecule has 0 aliphatic rings. The molecule has 2 atom stereocenters. The van der Waals surface area contributed by atoms with Gasteiger partial charge in [-0.1, -0.05) is 6.92 Å². The topological polar surface area (TPSA) is 56.0 Å². The Balaban J connectivity index is 2.68. The number of nitro benzene ring substituents is 1. The number of benzene rings is 1. The first-order chi connectivity index (χ1) is 8.93. The number of nitro groups is 1. The van der Waals surface area contributed by atoms with Crippen molar-refractivity contribution in [3.63, 3.8) is 0 Å². The summed E-state index contributed by atoms with van der Waals surface area (Å²) in [7, 11) is 0. The van der Waals surface area contributed by atoms with Crippen LogP contribution >= 0.6 is 22.9 Å². The Morgan fingerprint density at radius 2 is 2.21 bits per heavy atom. The second kappa shape index (κ2) is 5.43. The molecule has 2 unspecified atom stereocenters. The third-order valence-electron chi connectivity index (χ3n) is 3.23. The highest BCUT2D eigenvalue weighted by Crippen LogP contribution is 2.37. The molecule has 1 heterocycles. The standard InChI is InChI=1S/C13H15ClN2O2S/c1-4-9(7(2)14)10-5-11-13(19-8(3)15-11)6-12(10)16(17)18/h5-7,9H,4H2,1-3H3. The molecule has 1 aromatic carbocycles. The van der Waals surface area contributed by atoms with E-state index in [1.165, 1.54) is 11.3 Å². The second-order valence-electron chi connectivity index (χ2n) is 4.56. The van der Waals surface area contributed by atoms with Gasteiger partial charge in [0.2, 0.25) is 0 Å². The van der Waals surface area contributed by atoms with E-state index in [4.69, 9.17) is 11.6 Å². The highest BCUT2D eigenvalue weighted by atomic mass is 35.5. The Morgan fingerprint density at radius 3 is 2.74 bits per heavy atom. The van der Waals surface area contributed by atoms with Gasteiger partial charge in [-0.2, -0.15) is 0 Å². The molecule has 0 aliphatic heterocycles. The lowest BCUT2D eigenvalue weighted by molar-refractivity contribution is -0.385. The van der Waals surface area contributed by atoms with Crippen molar-refractivity contribution in [3.05, 3.63) is 32.8 Å². The number of rotatable bonds is 4. The van der Waals surface area contributed by atoms with Crippen molar-refractivity contribution < 1.29 is 4.92 Å². The van der Waals surface area contributed by atoms with Crippen LogP contribution in [0.4, 0.5) is 5.69 Å². The molecule has 0 saturated carbocycles. The van der Waals surface area contributed by atoms with Crippen LogP contribution in [0.5, 0.6) is 0 Å². The highest BCUT2D eigenvalue weighted by Gasteiger charge is 2.26. The molecular formula is C13H15ClN2O2S. The summed E-state index contributed by atoms with van der Waals surface area (Å²) in [5.74, 6) is -0.0338. The van der Waals surface area contributed by atoms with Gasteiger partial charge >= 0.3 is 0 Å². The summed E-state index contributed by atoms with van der Waals surface area (Å²) < 4.78 is 0.852. The van der Waals surface area contributed by atoms with Gasteiger partial charge in [0.15, 0.2) is 0 Å². The average Bonchev–Trinajstić information content (AvgIpc) is 2.67. The summed E-state index contributed by atoms with van der Waals surface area (Å²) in [6.07, 6.45) is 0.764. The maximum atomic E-state index is 11.3. The monoisotopic (exact) mass is 298 g/mol. The minimum atomic E-state index is -0.328. The van der Waals surface area contributed by atoms with Crippen molar-refractivity contribution in [1.82, 2.24) is 4.98 Å².